The molecule has 29 heavy (non-hydrogen) atoms. The number of imidazole rings is 1. The van der Waals surface area contributed by atoms with Crippen molar-refractivity contribution >= 4 is 18.3 Å². The van der Waals surface area contributed by atoms with E-state index < -0.39 is 6.36 Å². The monoisotopic (exact) mass is 430 g/mol. The van der Waals surface area contributed by atoms with Crippen molar-refractivity contribution < 1.29 is 22.7 Å². The SMILES string of the molecule is Cl.Cn1ccnc1C1CNCCN1C(=O)C1CC1c1ccccc1OC(F)(F)F. The second-order valence-electron chi connectivity index (χ2n) is 7.18. The minimum absolute atomic E-state index is 0. The summed E-state index contributed by atoms with van der Waals surface area (Å²) in [6.07, 6.45) is -0.713. The fraction of sp³-hybridized carbons (Fsp3) is 0.474. The van der Waals surface area contributed by atoms with E-state index in [1.807, 2.05) is 17.8 Å². The maximum absolute atomic E-state index is 13.2. The molecule has 1 aliphatic carbocycles. The number of alkyl halides is 3. The van der Waals surface area contributed by atoms with Gasteiger partial charge in [0.15, 0.2) is 0 Å². The van der Waals surface area contributed by atoms with Gasteiger partial charge in [0, 0.05) is 45.0 Å². The van der Waals surface area contributed by atoms with E-state index in [0.717, 1.165) is 5.82 Å². The van der Waals surface area contributed by atoms with Crippen LogP contribution in [0.15, 0.2) is 36.7 Å². The number of aryl methyl sites for hydroxylation is 1. The number of aromatic nitrogens is 2. The van der Waals surface area contributed by atoms with Crippen LogP contribution >= 0.6 is 12.4 Å². The normalized spacial score (nSPS) is 24.0. The number of carbonyl (C=O) groups is 1. The number of carbonyl (C=O) groups excluding carboxylic acids is 1. The lowest BCUT2D eigenvalue weighted by Gasteiger charge is -2.36. The van der Waals surface area contributed by atoms with Crippen LogP contribution in [0.5, 0.6) is 5.75 Å². The summed E-state index contributed by atoms with van der Waals surface area (Å²) in [6, 6.07) is 5.87. The van der Waals surface area contributed by atoms with E-state index in [1.54, 1.807) is 23.2 Å². The molecular formula is C19H22ClF3N4O2. The number of nitrogens with zero attached hydrogens (tertiary/aromatic N) is 3. The first-order valence-corrected chi connectivity index (χ1v) is 9.18. The topological polar surface area (TPSA) is 59.4 Å². The van der Waals surface area contributed by atoms with Crippen LogP contribution in [-0.4, -0.2) is 46.4 Å². The summed E-state index contributed by atoms with van der Waals surface area (Å²) < 4.78 is 44.1. The maximum atomic E-state index is 13.2. The number of hydrogen-bond acceptors (Lipinski definition) is 4. The molecule has 1 amide bonds. The highest BCUT2D eigenvalue weighted by Crippen LogP contribution is 2.52. The predicted octanol–water partition coefficient (Wildman–Crippen LogP) is 3.02. The first kappa shape index (κ1) is 21.4. The molecule has 2 aromatic rings. The smallest absolute Gasteiger partial charge is 0.405 e. The van der Waals surface area contributed by atoms with Crippen LogP contribution in [0.4, 0.5) is 13.2 Å². The van der Waals surface area contributed by atoms with Crippen LogP contribution in [0.1, 0.15) is 29.8 Å². The van der Waals surface area contributed by atoms with E-state index in [-0.39, 0.29) is 41.9 Å². The zero-order valence-electron chi connectivity index (χ0n) is 15.7. The summed E-state index contributed by atoms with van der Waals surface area (Å²) in [4.78, 5) is 19.3. The molecule has 2 fully saturated rings. The quantitative estimate of drug-likeness (QED) is 0.810. The Morgan fingerprint density at radius 2 is 2.07 bits per heavy atom. The van der Waals surface area contributed by atoms with E-state index in [9.17, 15) is 18.0 Å². The van der Waals surface area contributed by atoms with Crippen molar-refractivity contribution in [3.63, 3.8) is 0 Å². The van der Waals surface area contributed by atoms with Crippen molar-refractivity contribution in [2.75, 3.05) is 19.6 Å². The summed E-state index contributed by atoms with van der Waals surface area (Å²) in [5, 5.41) is 3.28. The molecule has 2 heterocycles. The third kappa shape index (κ3) is 4.51. The largest absolute Gasteiger partial charge is 0.573 e. The van der Waals surface area contributed by atoms with Crippen LogP contribution in [0.2, 0.25) is 0 Å². The molecule has 10 heteroatoms. The Morgan fingerprint density at radius 1 is 1.31 bits per heavy atom. The third-order valence-corrected chi connectivity index (χ3v) is 5.33. The predicted molar refractivity (Wildman–Crippen MR) is 102 cm³/mol. The first-order valence-electron chi connectivity index (χ1n) is 9.18. The van der Waals surface area contributed by atoms with Crippen molar-refractivity contribution in [2.45, 2.75) is 24.7 Å². The van der Waals surface area contributed by atoms with Gasteiger partial charge in [-0.05, 0) is 24.0 Å². The molecule has 3 unspecified atom stereocenters. The van der Waals surface area contributed by atoms with Gasteiger partial charge in [0.05, 0.1) is 0 Å². The molecule has 0 bridgehead atoms. The Balaban J connectivity index is 0.00000240. The van der Waals surface area contributed by atoms with Gasteiger partial charge in [-0.15, -0.1) is 25.6 Å². The Labute approximate surface area is 172 Å². The molecule has 0 spiro atoms. The van der Waals surface area contributed by atoms with Crippen molar-refractivity contribution in [2.24, 2.45) is 13.0 Å². The van der Waals surface area contributed by atoms with Gasteiger partial charge in [0.1, 0.15) is 17.6 Å². The number of benzene rings is 1. The number of hydrogen-bond donors (Lipinski definition) is 1. The molecule has 158 valence electrons. The minimum atomic E-state index is -4.76. The van der Waals surface area contributed by atoms with Gasteiger partial charge >= 0.3 is 6.36 Å². The summed E-state index contributed by atoms with van der Waals surface area (Å²) in [7, 11) is 1.88. The van der Waals surface area contributed by atoms with Gasteiger partial charge in [-0.25, -0.2) is 4.98 Å². The summed E-state index contributed by atoms with van der Waals surface area (Å²) >= 11 is 0. The second-order valence-corrected chi connectivity index (χ2v) is 7.18. The van der Waals surface area contributed by atoms with E-state index >= 15 is 0 Å². The Kier molecular flexibility index (Phi) is 6.09. The van der Waals surface area contributed by atoms with Gasteiger partial charge in [0.25, 0.3) is 0 Å². The lowest BCUT2D eigenvalue weighted by Crippen LogP contribution is -2.50. The van der Waals surface area contributed by atoms with E-state index in [0.29, 0.717) is 31.6 Å². The Bertz CT molecular complexity index is 873. The molecule has 1 aromatic carbocycles. The number of halogens is 4. The average molecular weight is 431 g/mol. The van der Waals surface area contributed by atoms with Crippen LogP contribution in [0.25, 0.3) is 0 Å². The van der Waals surface area contributed by atoms with Crippen LogP contribution in [0.3, 0.4) is 0 Å². The fourth-order valence-electron chi connectivity index (χ4n) is 3.93. The molecule has 6 nitrogen and oxygen atoms in total. The number of ether oxygens (including phenoxy) is 1. The molecule has 1 aliphatic heterocycles. The van der Waals surface area contributed by atoms with E-state index in [4.69, 9.17) is 0 Å². The maximum Gasteiger partial charge on any atom is 0.573 e. The summed E-state index contributed by atoms with van der Waals surface area (Å²) in [5.41, 5.74) is 0.432. The van der Waals surface area contributed by atoms with Gasteiger partial charge in [-0.3, -0.25) is 4.79 Å². The molecule has 3 atom stereocenters. The molecule has 2 aliphatic rings. The Morgan fingerprint density at radius 3 is 2.76 bits per heavy atom. The van der Waals surface area contributed by atoms with Gasteiger partial charge in [0.2, 0.25) is 5.91 Å². The van der Waals surface area contributed by atoms with Crippen molar-refractivity contribution in [3.8, 4) is 5.75 Å². The lowest BCUT2D eigenvalue weighted by atomic mass is 10.1. The van der Waals surface area contributed by atoms with Crippen LogP contribution in [-0.2, 0) is 11.8 Å². The van der Waals surface area contributed by atoms with Gasteiger partial charge < -0.3 is 19.5 Å². The highest BCUT2D eigenvalue weighted by molar-refractivity contribution is 5.85. The van der Waals surface area contributed by atoms with Gasteiger partial charge in [-0.1, -0.05) is 18.2 Å². The van der Waals surface area contributed by atoms with Gasteiger partial charge in [-0.2, -0.15) is 0 Å². The molecule has 1 saturated carbocycles. The zero-order valence-corrected chi connectivity index (χ0v) is 16.5. The lowest BCUT2D eigenvalue weighted by molar-refractivity contribution is -0.274. The van der Waals surface area contributed by atoms with Crippen molar-refractivity contribution in [3.05, 3.63) is 48.0 Å². The fourth-order valence-corrected chi connectivity index (χ4v) is 3.93. The number of nitrogens with one attached hydrogen (secondary N) is 1. The zero-order chi connectivity index (χ0) is 19.9. The summed E-state index contributed by atoms with van der Waals surface area (Å²) in [5.74, 6) is -0.0714. The number of para-hydroxylation sites is 1. The van der Waals surface area contributed by atoms with Crippen LogP contribution < -0.4 is 10.1 Å². The van der Waals surface area contributed by atoms with Crippen LogP contribution in [0, 0.1) is 5.92 Å². The third-order valence-electron chi connectivity index (χ3n) is 5.33. The molecule has 1 saturated heterocycles. The standard InChI is InChI=1S/C19H21F3N4O2.ClH/c1-25-8-7-24-17(25)15-11-23-6-9-26(15)18(27)14-10-13(14)12-4-2-3-5-16(12)28-19(20,21)22;/h2-5,7-8,13-15,23H,6,9-11H2,1H3;1H. The van der Waals surface area contributed by atoms with E-state index in [1.165, 1.54) is 12.1 Å². The molecule has 1 aromatic heterocycles. The van der Waals surface area contributed by atoms with Crippen molar-refractivity contribution in [1.82, 2.24) is 19.8 Å². The van der Waals surface area contributed by atoms with Crippen molar-refractivity contribution in [1.29, 1.82) is 0 Å². The summed E-state index contributed by atoms with van der Waals surface area (Å²) in [6.45, 7) is 1.82. The number of amides is 1. The first-order chi connectivity index (χ1) is 13.3. The number of piperazine rings is 1. The molecular weight excluding hydrogens is 409 g/mol. The second kappa shape index (κ2) is 8.23. The Hall–Kier alpha value is -2.26. The molecule has 0 radical (unpaired) electrons. The number of rotatable bonds is 4. The minimum Gasteiger partial charge on any atom is -0.405 e. The molecule has 1 N–H and O–H groups in total. The highest BCUT2D eigenvalue weighted by atomic mass is 35.5. The molecule has 4 rings (SSSR count). The average Bonchev–Trinajstić information content (AvgIpc) is 3.33. The van der Waals surface area contributed by atoms with E-state index in [2.05, 4.69) is 15.0 Å². The highest BCUT2D eigenvalue weighted by Gasteiger charge is 2.49.